The summed E-state index contributed by atoms with van der Waals surface area (Å²) in [5.74, 6) is 0.680. The number of aryl methyl sites for hydroxylation is 1. The van der Waals surface area contributed by atoms with E-state index in [1.54, 1.807) is 43.8 Å². The van der Waals surface area contributed by atoms with Crippen molar-refractivity contribution < 1.29 is 9.53 Å². The molecule has 2 amide bonds. The van der Waals surface area contributed by atoms with E-state index in [-0.39, 0.29) is 18.0 Å². The fraction of sp³-hybridized carbons (Fsp3) is 0.304. The standard InChI is InChI=1S/C23H25ClN6O2/c1-15-11-18(12-26-29-15)30-10-9-22(20(14-30)21-8-7-19(32-2)13-25-21)28-23(31)27-17-5-3-16(24)4-6-17/h3-8,11-13,20,22H,9-10,14H2,1-2H3,(H2,27,28,31)/t20-,22+/m0/s1. The van der Waals surface area contributed by atoms with Gasteiger partial charge in [-0.05, 0) is 55.8 Å². The van der Waals surface area contributed by atoms with Crippen LogP contribution in [0.25, 0.3) is 0 Å². The van der Waals surface area contributed by atoms with E-state index in [2.05, 4.69) is 30.7 Å². The van der Waals surface area contributed by atoms with Gasteiger partial charge in [0.05, 0.1) is 30.9 Å². The monoisotopic (exact) mass is 452 g/mol. The lowest BCUT2D eigenvalue weighted by Crippen LogP contribution is -2.51. The van der Waals surface area contributed by atoms with E-state index in [0.29, 0.717) is 23.0 Å². The number of piperidine rings is 1. The van der Waals surface area contributed by atoms with Gasteiger partial charge in [0.15, 0.2) is 0 Å². The number of ether oxygens (including phenoxy) is 1. The largest absolute Gasteiger partial charge is 0.495 e. The molecule has 1 aliphatic rings. The van der Waals surface area contributed by atoms with E-state index in [9.17, 15) is 4.79 Å². The predicted octanol–water partition coefficient (Wildman–Crippen LogP) is 4.03. The Bertz CT molecular complexity index is 1060. The lowest BCUT2D eigenvalue weighted by Gasteiger charge is -2.39. The molecule has 0 radical (unpaired) electrons. The number of aromatic nitrogens is 3. The summed E-state index contributed by atoms with van der Waals surface area (Å²) >= 11 is 5.93. The van der Waals surface area contributed by atoms with Crippen LogP contribution in [-0.2, 0) is 0 Å². The van der Waals surface area contributed by atoms with Crippen LogP contribution in [-0.4, -0.2) is 47.5 Å². The quantitative estimate of drug-likeness (QED) is 0.607. The highest BCUT2D eigenvalue weighted by atomic mass is 35.5. The number of carbonyl (C=O) groups excluding carboxylic acids is 1. The van der Waals surface area contributed by atoms with Gasteiger partial charge in [0.2, 0.25) is 0 Å². The van der Waals surface area contributed by atoms with Crippen molar-refractivity contribution in [3.8, 4) is 5.75 Å². The number of amides is 2. The first-order valence-corrected chi connectivity index (χ1v) is 10.8. The van der Waals surface area contributed by atoms with Crippen LogP contribution < -0.4 is 20.3 Å². The second-order valence-corrected chi connectivity index (χ2v) is 8.17. The Morgan fingerprint density at radius 1 is 1.19 bits per heavy atom. The van der Waals surface area contributed by atoms with Gasteiger partial charge in [-0.3, -0.25) is 4.98 Å². The van der Waals surface area contributed by atoms with Crippen LogP contribution in [0.5, 0.6) is 5.75 Å². The Morgan fingerprint density at radius 3 is 2.69 bits per heavy atom. The molecule has 1 saturated heterocycles. The molecule has 3 aromatic rings. The summed E-state index contributed by atoms with van der Waals surface area (Å²) in [6.07, 6.45) is 4.23. The van der Waals surface area contributed by atoms with E-state index in [1.807, 2.05) is 25.1 Å². The maximum absolute atomic E-state index is 12.7. The number of nitrogens with zero attached hydrogens (tertiary/aromatic N) is 4. The van der Waals surface area contributed by atoms with E-state index in [0.717, 1.165) is 30.0 Å². The third-order valence-corrected chi connectivity index (χ3v) is 5.79. The summed E-state index contributed by atoms with van der Waals surface area (Å²) in [6, 6.07) is 12.5. The molecule has 0 aliphatic carbocycles. The Labute approximate surface area is 192 Å². The van der Waals surface area contributed by atoms with E-state index < -0.39 is 0 Å². The van der Waals surface area contributed by atoms with Crippen LogP contribution >= 0.6 is 11.6 Å². The fourth-order valence-electron chi connectivity index (χ4n) is 3.89. The van der Waals surface area contributed by atoms with Crippen molar-refractivity contribution in [2.24, 2.45) is 0 Å². The molecule has 4 rings (SSSR count). The highest BCUT2D eigenvalue weighted by Crippen LogP contribution is 2.30. The molecule has 9 heteroatoms. The summed E-state index contributed by atoms with van der Waals surface area (Å²) < 4.78 is 5.25. The Balaban J connectivity index is 1.52. The smallest absolute Gasteiger partial charge is 0.319 e. The summed E-state index contributed by atoms with van der Waals surface area (Å²) in [5.41, 5.74) is 3.46. The Hall–Kier alpha value is -3.39. The van der Waals surface area contributed by atoms with Crippen LogP contribution in [0.15, 0.2) is 54.9 Å². The SMILES string of the molecule is COc1ccc([C@@H]2CN(c3cnnc(C)c3)CC[C@H]2NC(=O)Nc2ccc(Cl)cc2)nc1. The average molecular weight is 453 g/mol. The number of rotatable bonds is 5. The number of pyridine rings is 1. The number of urea groups is 1. The van der Waals surface area contributed by atoms with Gasteiger partial charge in [-0.25, -0.2) is 4.79 Å². The minimum absolute atomic E-state index is 0.0147. The first-order chi connectivity index (χ1) is 15.5. The molecule has 1 aromatic carbocycles. The summed E-state index contributed by atoms with van der Waals surface area (Å²) in [4.78, 5) is 19.6. The molecule has 1 aliphatic heterocycles. The van der Waals surface area contributed by atoms with E-state index in [1.165, 1.54) is 0 Å². The minimum Gasteiger partial charge on any atom is -0.495 e. The fourth-order valence-corrected chi connectivity index (χ4v) is 4.02. The topological polar surface area (TPSA) is 92.3 Å². The van der Waals surface area contributed by atoms with Crippen molar-refractivity contribution >= 4 is 29.0 Å². The van der Waals surface area contributed by atoms with Crippen LogP contribution in [0.4, 0.5) is 16.2 Å². The second kappa shape index (κ2) is 9.82. The molecule has 0 spiro atoms. The lowest BCUT2D eigenvalue weighted by molar-refractivity contribution is 0.243. The predicted molar refractivity (Wildman–Crippen MR) is 125 cm³/mol. The van der Waals surface area contributed by atoms with Crippen molar-refractivity contribution in [3.63, 3.8) is 0 Å². The molecule has 166 valence electrons. The average Bonchev–Trinajstić information content (AvgIpc) is 2.81. The molecular weight excluding hydrogens is 428 g/mol. The second-order valence-electron chi connectivity index (χ2n) is 7.73. The van der Waals surface area contributed by atoms with Gasteiger partial charge in [0.1, 0.15) is 5.75 Å². The molecule has 0 saturated carbocycles. The van der Waals surface area contributed by atoms with Gasteiger partial charge in [0.25, 0.3) is 0 Å². The normalized spacial score (nSPS) is 18.2. The molecule has 2 atom stereocenters. The number of hydrogen-bond acceptors (Lipinski definition) is 6. The summed E-state index contributed by atoms with van der Waals surface area (Å²) in [5, 5.41) is 14.8. The maximum atomic E-state index is 12.7. The van der Waals surface area contributed by atoms with Crippen molar-refractivity contribution in [2.45, 2.75) is 25.3 Å². The van der Waals surface area contributed by atoms with Crippen LogP contribution in [0, 0.1) is 6.92 Å². The number of methoxy groups -OCH3 is 1. The zero-order valence-corrected chi connectivity index (χ0v) is 18.7. The molecule has 3 heterocycles. The number of benzene rings is 1. The highest BCUT2D eigenvalue weighted by molar-refractivity contribution is 6.30. The Kier molecular flexibility index (Phi) is 6.70. The van der Waals surface area contributed by atoms with Gasteiger partial charge in [0, 0.05) is 41.5 Å². The molecule has 8 nitrogen and oxygen atoms in total. The maximum Gasteiger partial charge on any atom is 0.319 e. The van der Waals surface area contributed by atoms with Gasteiger partial charge in [-0.2, -0.15) is 10.2 Å². The first-order valence-electron chi connectivity index (χ1n) is 10.4. The third-order valence-electron chi connectivity index (χ3n) is 5.53. The van der Waals surface area contributed by atoms with E-state index >= 15 is 0 Å². The van der Waals surface area contributed by atoms with Gasteiger partial charge in [-0.15, -0.1) is 0 Å². The van der Waals surface area contributed by atoms with Crippen molar-refractivity contribution in [2.75, 3.05) is 30.4 Å². The van der Waals surface area contributed by atoms with Crippen LogP contribution in [0.2, 0.25) is 5.02 Å². The van der Waals surface area contributed by atoms with Gasteiger partial charge >= 0.3 is 6.03 Å². The van der Waals surface area contributed by atoms with Crippen LogP contribution in [0.1, 0.15) is 23.7 Å². The van der Waals surface area contributed by atoms with E-state index in [4.69, 9.17) is 16.3 Å². The zero-order valence-electron chi connectivity index (χ0n) is 18.0. The molecule has 0 unspecified atom stereocenters. The molecule has 2 aromatic heterocycles. The zero-order chi connectivity index (χ0) is 22.5. The number of hydrogen-bond donors (Lipinski definition) is 2. The molecule has 1 fully saturated rings. The van der Waals surface area contributed by atoms with Gasteiger partial charge < -0.3 is 20.3 Å². The summed E-state index contributed by atoms with van der Waals surface area (Å²) in [6.45, 7) is 3.40. The van der Waals surface area contributed by atoms with Gasteiger partial charge in [-0.1, -0.05) is 11.6 Å². The number of halogens is 1. The van der Waals surface area contributed by atoms with Crippen LogP contribution in [0.3, 0.4) is 0 Å². The van der Waals surface area contributed by atoms with Crippen molar-refractivity contribution in [1.82, 2.24) is 20.5 Å². The minimum atomic E-state index is -0.259. The molecular formula is C23H25ClN6O2. The third kappa shape index (κ3) is 5.26. The number of nitrogens with one attached hydrogen (secondary N) is 2. The summed E-state index contributed by atoms with van der Waals surface area (Å²) in [7, 11) is 1.61. The molecule has 32 heavy (non-hydrogen) atoms. The molecule has 2 N–H and O–H groups in total. The lowest BCUT2D eigenvalue weighted by atomic mass is 9.88. The van der Waals surface area contributed by atoms with Crippen molar-refractivity contribution in [3.05, 3.63) is 71.3 Å². The Morgan fingerprint density at radius 2 is 2.00 bits per heavy atom. The first kappa shape index (κ1) is 21.8. The number of anilines is 2. The highest BCUT2D eigenvalue weighted by Gasteiger charge is 2.33. The van der Waals surface area contributed by atoms with Crippen molar-refractivity contribution in [1.29, 1.82) is 0 Å². The molecule has 0 bridgehead atoms. The number of carbonyl (C=O) groups is 1.